The van der Waals surface area contributed by atoms with Gasteiger partial charge in [0.05, 0.1) is 28.9 Å². The molecule has 0 amide bonds. The maximum absolute atomic E-state index is 13.4. The molecule has 1 heterocycles. The minimum Gasteiger partial charge on any atom is -0.469 e. The van der Waals surface area contributed by atoms with Crippen molar-refractivity contribution in [2.75, 3.05) is 12.9 Å². The summed E-state index contributed by atoms with van der Waals surface area (Å²) in [6, 6.07) is 15.2. The minimum absolute atomic E-state index is 0.150. The highest BCUT2D eigenvalue weighted by atomic mass is 32.2. The van der Waals surface area contributed by atoms with Crippen LogP contribution in [0.5, 0.6) is 0 Å². The van der Waals surface area contributed by atoms with Gasteiger partial charge in [-0.25, -0.2) is 4.21 Å². The molecule has 0 radical (unpaired) electrons. The Kier molecular flexibility index (Phi) is 4.22. The molecule has 0 unspecified atom stereocenters. The van der Waals surface area contributed by atoms with E-state index in [0.717, 1.165) is 16.8 Å². The first kappa shape index (κ1) is 15.7. The van der Waals surface area contributed by atoms with E-state index in [0.29, 0.717) is 10.6 Å². The van der Waals surface area contributed by atoms with Crippen molar-refractivity contribution < 1.29 is 13.7 Å². The van der Waals surface area contributed by atoms with Gasteiger partial charge in [-0.2, -0.15) is 4.36 Å². The lowest BCUT2D eigenvalue weighted by molar-refractivity contribution is -0.140. The first-order valence-corrected chi connectivity index (χ1v) is 9.17. The fraction of sp³-hybridized carbons (Fsp3) is 0.278. The van der Waals surface area contributed by atoms with Crippen LogP contribution in [0.3, 0.4) is 0 Å². The minimum atomic E-state index is -2.58. The number of benzene rings is 2. The van der Waals surface area contributed by atoms with Crippen LogP contribution in [0, 0.1) is 6.92 Å². The summed E-state index contributed by atoms with van der Waals surface area (Å²) in [7, 11) is -1.21. The maximum atomic E-state index is 13.4. The molecule has 2 aromatic rings. The average Bonchev–Trinajstić information content (AvgIpc) is 2.55. The molecule has 0 N–H and O–H groups in total. The lowest BCUT2D eigenvalue weighted by atomic mass is 9.95. The monoisotopic (exact) mass is 329 g/mol. The topological polar surface area (TPSA) is 55.7 Å². The molecule has 0 fully saturated rings. The van der Waals surface area contributed by atoms with Gasteiger partial charge in [-0.05, 0) is 36.2 Å². The van der Waals surface area contributed by atoms with E-state index in [4.69, 9.17) is 4.74 Å². The molecule has 4 nitrogen and oxygen atoms in total. The summed E-state index contributed by atoms with van der Waals surface area (Å²) in [5.74, 6) is -0.108. The number of hydrogen-bond acceptors (Lipinski definition) is 4. The predicted octanol–water partition coefficient (Wildman–Crippen LogP) is 3.81. The van der Waals surface area contributed by atoms with Gasteiger partial charge in [-0.3, -0.25) is 4.79 Å². The van der Waals surface area contributed by atoms with Crippen LogP contribution in [0.2, 0.25) is 0 Å². The van der Waals surface area contributed by atoms with E-state index < -0.39 is 9.73 Å². The van der Waals surface area contributed by atoms with Gasteiger partial charge >= 0.3 is 5.97 Å². The molecule has 0 saturated heterocycles. The highest BCUT2D eigenvalue weighted by molar-refractivity contribution is 7.93. The van der Waals surface area contributed by atoms with Crippen LogP contribution in [0.25, 0.3) is 0 Å². The van der Waals surface area contributed by atoms with Gasteiger partial charge in [0.15, 0.2) is 0 Å². The van der Waals surface area contributed by atoms with Gasteiger partial charge < -0.3 is 4.74 Å². The molecule has 0 aliphatic carbocycles. The van der Waals surface area contributed by atoms with E-state index in [2.05, 4.69) is 4.36 Å². The zero-order chi connectivity index (χ0) is 16.4. The fourth-order valence-corrected chi connectivity index (χ4v) is 5.15. The van der Waals surface area contributed by atoms with Crippen molar-refractivity contribution in [1.29, 1.82) is 0 Å². The zero-order valence-electron chi connectivity index (χ0n) is 13.2. The van der Waals surface area contributed by atoms with E-state index in [-0.39, 0.29) is 18.3 Å². The normalized spacial score (nSPS) is 22.8. The molecule has 1 aliphatic heterocycles. The third-order valence-electron chi connectivity index (χ3n) is 4.05. The number of ether oxygens (including phenoxy) is 1. The van der Waals surface area contributed by atoms with Crippen LogP contribution in [0.4, 0.5) is 5.69 Å². The molecule has 23 heavy (non-hydrogen) atoms. The number of rotatable bonds is 3. The summed E-state index contributed by atoms with van der Waals surface area (Å²) in [6.45, 7) is 1.98. The van der Waals surface area contributed by atoms with Gasteiger partial charge in [-0.1, -0.05) is 30.3 Å². The first-order valence-electron chi connectivity index (χ1n) is 7.49. The third-order valence-corrected chi connectivity index (χ3v) is 6.41. The lowest BCUT2D eigenvalue weighted by Crippen LogP contribution is -2.21. The van der Waals surface area contributed by atoms with E-state index in [9.17, 15) is 9.00 Å². The number of nitrogens with zero attached hydrogens (tertiary/aromatic N) is 1. The van der Waals surface area contributed by atoms with E-state index in [1.54, 1.807) is 0 Å². The van der Waals surface area contributed by atoms with Gasteiger partial charge in [0.1, 0.15) is 0 Å². The standard InChI is InChI=1S/C18H19NO3S/c1-13-8-9-16-14(11-18(20)22-2)12-23(21,19-17(16)10-13)15-6-4-3-5-7-15/h3-10,14H,11-12H2,1-2H3/t14-,23+/m1/s1. The molecule has 3 rings (SSSR count). The van der Waals surface area contributed by atoms with Crippen molar-refractivity contribution in [1.82, 2.24) is 0 Å². The Labute approximate surface area is 136 Å². The molecule has 5 heteroatoms. The predicted molar refractivity (Wildman–Crippen MR) is 90.4 cm³/mol. The first-order chi connectivity index (χ1) is 11.0. The largest absolute Gasteiger partial charge is 0.469 e. The second kappa shape index (κ2) is 6.16. The second-order valence-electron chi connectivity index (χ2n) is 5.75. The quantitative estimate of drug-likeness (QED) is 0.805. The van der Waals surface area contributed by atoms with Crippen LogP contribution < -0.4 is 0 Å². The number of hydrogen-bond donors (Lipinski definition) is 0. The van der Waals surface area contributed by atoms with Gasteiger partial charge in [0.2, 0.25) is 0 Å². The number of fused-ring (bicyclic) bond motifs is 1. The van der Waals surface area contributed by atoms with Crippen molar-refractivity contribution in [2.24, 2.45) is 4.36 Å². The Bertz CT molecular complexity index is 852. The van der Waals surface area contributed by atoms with E-state index in [1.165, 1.54) is 7.11 Å². The number of carbonyl (C=O) groups excluding carboxylic acids is 1. The van der Waals surface area contributed by atoms with Gasteiger partial charge in [0, 0.05) is 16.6 Å². The Balaban J connectivity index is 2.13. The molecule has 0 spiro atoms. The van der Waals surface area contributed by atoms with Crippen molar-refractivity contribution in [3.63, 3.8) is 0 Å². The highest BCUT2D eigenvalue weighted by Gasteiger charge is 2.30. The van der Waals surface area contributed by atoms with Crippen molar-refractivity contribution in [3.8, 4) is 0 Å². The number of methoxy groups -OCH3 is 1. The summed E-state index contributed by atoms with van der Waals surface area (Å²) in [4.78, 5) is 12.5. The molecular formula is C18H19NO3S. The third kappa shape index (κ3) is 3.15. The fourth-order valence-electron chi connectivity index (χ4n) is 2.87. The Morgan fingerprint density at radius 2 is 2.00 bits per heavy atom. The second-order valence-corrected chi connectivity index (χ2v) is 8.02. The lowest BCUT2D eigenvalue weighted by Gasteiger charge is -2.25. The molecule has 0 aromatic heterocycles. The summed E-state index contributed by atoms with van der Waals surface area (Å²) >= 11 is 0. The average molecular weight is 329 g/mol. The van der Waals surface area contributed by atoms with Crippen LogP contribution in [0.15, 0.2) is 57.8 Å². The van der Waals surface area contributed by atoms with E-state index >= 15 is 0 Å². The Morgan fingerprint density at radius 1 is 1.26 bits per heavy atom. The van der Waals surface area contributed by atoms with Crippen molar-refractivity contribution >= 4 is 21.4 Å². The highest BCUT2D eigenvalue weighted by Crippen LogP contribution is 2.39. The summed E-state index contributed by atoms with van der Waals surface area (Å²) in [5, 5.41) is 0. The van der Waals surface area contributed by atoms with Crippen molar-refractivity contribution in [3.05, 3.63) is 59.7 Å². The smallest absolute Gasteiger partial charge is 0.306 e. The number of aryl methyl sites for hydroxylation is 1. The molecule has 2 atom stereocenters. The molecule has 2 aromatic carbocycles. The molecular weight excluding hydrogens is 310 g/mol. The summed E-state index contributed by atoms with van der Waals surface area (Å²) in [6.07, 6.45) is 0.214. The van der Waals surface area contributed by atoms with Gasteiger partial charge in [0.25, 0.3) is 0 Å². The SMILES string of the molecule is COC(=O)C[C@@H]1C[S@](=O)(c2ccccc2)=Nc2cc(C)ccc21. The zero-order valence-corrected chi connectivity index (χ0v) is 14.0. The number of carbonyl (C=O) groups is 1. The van der Waals surface area contributed by atoms with Crippen LogP contribution in [-0.2, 0) is 19.3 Å². The molecule has 0 saturated carbocycles. The Morgan fingerprint density at radius 3 is 2.70 bits per heavy atom. The van der Waals surface area contributed by atoms with E-state index in [1.807, 2.05) is 55.5 Å². The molecule has 1 aliphatic rings. The molecule has 0 bridgehead atoms. The Hall–Kier alpha value is -2.14. The van der Waals surface area contributed by atoms with Crippen LogP contribution in [-0.4, -0.2) is 23.0 Å². The maximum Gasteiger partial charge on any atom is 0.306 e. The number of esters is 1. The summed E-state index contributed by atoms with van der Waals surface area (Å²) < 4.78 is 22.8. The molecule has 120 valence electrons. The van der Waals surface area contributed by atoms with Gasteiger partial charge in [-0.15, -0.1) is 0 Å². The van der Waals surface area contributed by atoms with Crippen LogP contribution in [0.1, 0.15) is 23.5 Å². The van der Waals surface area contributed by atoms with Crippen molar-refractivity contribution in [2.45, 2.75) is 24.2 Å². The van der Waals surface area contributed by atoms with Crippen LogP contribution >= 0.6 is 0 Å². The summed E-state index contributed by atoms with van der Waals surface area (Å²) in [5.41, 5.74) is 2.75.